The van der Waals surface area contributed by atoms with Gasteiger partial charge in [-0.15, -0.1) is 0 Å². The number of hydrogen-bond acceptors (Lipinski definition) is 5. The van der Waals surface area contributed by atoms with Gasteiger partial charge >= 0.3 is 5.97 Å². The second kappa shape index (κ2) is 8.05. The smallest absolute Gasteiger partial charge is 0.355 e. The van der Waals surface area contributed by atoms with Crippen LogP contribution in [0.3, 0.4) is 0 Å². The molecule has 126 valence electrons. The first-order chi connectivity index (χ1) is 11.5. The third-order valence-electron chi connectivity index (χ3n) is 3.34. The molecule has 1 aromatic rings. The van der Waals surface area contributed by atoms with Crippen molar-refractivity contribution in [2.45, 2.75) is 19.8 Å². The third-order valence-corrected chi connectivity index (χ3v) is 3.34. The molecule has 1 N–H and O–H groups in total. The second-order valence-corrected chi connectivity index (χ2v) is 5.27. The number of imide groups is 1. The van der Waals surface area contributed by atoms with E-state index in [1.807, 2.05) is 6.07 Å². The average molecular weight is 330 g/mol. The molecular formula is C17H18N2O5. The molecule has 0 aromatic heterocycles. The average Bonchev–Trinajstić information content (AvgIpc) is 2.98. The predicted molar refractivity (Wildman–Crippen MR) is 85.1 cm³/mol. The van der Waals surface area contributed by atoms with Crippen LogP contribution in [0.1, 0.15) is 25.3 Å². The maximum Gasteiger partial charge on any atom is 0.355 e. The number of benzene rings is 1. The summed E-state index contributed by atoms with van der Waals surface area (Å²) < 4.78 is 4.93. The largest absolute Gasteiger partial charge is 0.451 e. The lowest BCUT2D eigenvalue weighted by Gasteiger charge is -2.14. The molecule has 0 aliphatic carbocycles. The molecular weight excluding hydrogens is 312 g/mol. The lowest BCUT2D eigenvalue weighted by atomic mass is 10.2. The maximum atomic E-state index is 12.1. The van der Waals surface area contributed by atoms with Crippen molar-refractivity contribution in [1.29, 1.82) is 0 Å². The molecule has 1 saturated heterocycles. The highest BCUT2D eigenvalue weighted by Crippen LogP contribution is 2.10. The van der Waals surface area contributed by atoms with Gasteiger partial charge in [0.25, 0.3) is 5.91 Å². The number of hydrogen-bond donors (Lipinski definition) is 1. The van der Waals surface area contributed by atoms with Gasteiger partial charge in [-0.1, -0.05) is 30.3 Å². The Labute approximate surface area is 139 Å². The number of likely N-dealkylation sites (tertiary alicyclic amines) is 1. The van der Waals surface area contributed by atoms with Crippen LogP contribution in [0.2, 0.25) is 0 Å². The Morgan fingerprint density at radius 3 is 2.54 bits per heavy atom. The molecule has 0 unspecified atom stereocenters. The molecule has 0 radical (unpaired) electrons. The van der Waals surface area contributed by atoms with Gasteiger partial charge in [-0.05, 0) is 18.1 Å². The Hall–Kier alpha value is -2.96. The molecule has 7 nitrogen and oxygen atoms in total. The fourth-order valence-corrected chi connectivity index (χ4v) is 2.25. The van der Waals surface area contributed by atoms with Crippen molar-refractivity contribution < 1.29 is 23.9 Å². The van der Waals surface area contributed by atoms with Gasteiger partial charge in [-0.3, -0.25) is 19.3 Å². The molecule has 7 heteroatoms. The molecule has 0 atom stereocenters. The van der Waals surface area contributed by atoms with E-state index in [-0.39, 0.29) is 11.6 Å². The number of esters is 1. The van der Waals surface area contributed by atoms with Gasteiger partial charge < -0.3 is 10.1 Å². The quantitative estimate of drug-likeness (QED) is 0.638. The van der Waals surface area contributed by atoms with Crippen LogP contribution in [-0.4, -0.2) is 41.7 Å². The Bertz CT molecular complexity index is 681. The lowest BCUT2D eigenvalue weighted by molar-refractivity contribution is -0.152. The molecule has 1 heterocycles. The molecule has 0 spiro atoms. The summed E-state index contributed by atoms with van der Waals surface area (Å²) in [5.74, 6) is -2.10. The fraction of sp³-hybridized carbons (Fsp3) is 0.294. The summed E-state index contributed by atoms with van der Waals surface area (Å²) in [5.41, 5.74) is 0.619. The Morgan fingerprint density at radius 2 is 1.96 bits per heavy atom. The Balaban J connectivity index is 2.02. The summed E-state index contributed by atoms with van der Waals surface area (Å²) in [6, 6.07) is 8.89. The number of carbonyl (C=O) groups excluding carboxylic acids is 4. The molecule has 0 saturated carbocycles. The molecule has 1 aliphatic heterocycles. The number of amides is 3. The minimum absolute atomic E-state index is 0.0748. The normalized spacial score (nSPS) is 14.5. The van der Waals surface area contributed by atoms with E-state index in [0.717, 1.165) is 4.90 Å². The molecule has 3 amide bonds. The zero-order valence-electron chi connectivity index (χ0n) is 13.3. The Morgan fingerprint density at radius 1 is 1.25 bits per heavy atom. The van der Waals surface area contributed by atoms with Crippen LogP contribution in [0.4, 0.5) is 0 Å². The highest BCUT2D eigenvalue weighted by Gasteiger charge is 2.27. The van der Waals surface area contributed by atoms with E-state index in [4.69, 9.17) is 4.74 Å². The van der Waals surface area contributed by atoms with Crippen LogP contribution in [0.15, 0.2) is 36.0 Å². The third kappa shape index (κ3) is 4.77. The number of ether oxygens (including phenoxy) is 1. The summed E-state index contributed by atoms with van der Waals surface area (Å²) in [7, 11) is 0. The molecule has 24 heavy (non-hydrogen) atoms. The van der Waals surface area contributed by atoms with E-state index in [9.17, 15) is 19.2 Å². The first-order valence-corrected chi connectivity index (χ1v) is 7.52. The van der Waals surface area contributed by atoms with Crippen molar-refractivity contribution in [3.05, 3.63) is 41.6 Å². The SMILES string of the molecule is CC(=O)N/C(=C/c1ccccc1)C(=O)OCC(=O)N1CCCC1=O. The molecule has 2 rings (SSSR count). The van der Waals surface area contributed by atoms with Crippen LogP contribution < -0.4 is 5.32 Å². The van der Waals surface area contributed by atoms with Crippen LogP contribution in [0.5, 0.6) is 0 Å². The summed E-state index contributed by atoms with van der Waals surface area (Å²) >= 11 is 0. The van der Waals surface area contributed by atoms with Crippen molar-refractivity contribution in [3.63, 3.8) is 0 Å². The summed E-state index contributed by atoms with van der Waals surface area (Å²) in [6.45, 7) is 1.06. The second-order valence-electron chi connectivity index (χ2n) is 5.27. The minimum atomic E-state index is -0.839. The molecule has 1 aromatic carbocycles. The number of carbonyl (C=O) groups is 4. The first-order valence-electron chi connectivity index (χ1n) is 7.52. The highest BCUT2D eigenvalue weighted by atomic mass is 16.5. The maximum absolute atomic E-state index is 12.1. The number of nitrogens with zero attached hydrogens (tertiary/aromatic N) is 1. The van der Waals surface area contributed by atoms with E-state index in [1.165, 1.54) is 13.0 Å². The van der Waals surface area contributed by atoms with E-state index in [0.29, 0.717) is 24.9 Å². The Kier molecular flexibility index (Phi) is 5.83. The monoisotopic (exact) mass is 330 g/mol. The van der Waals surface area contributed by atoms with E-state index >= 15 is 0 Å². The fourth-order valence-electron chi connectivity index (χ4n) is 2.25. The van der Waals surface area contributed by atoms with E-state index in [1.54, 1.807) is 24.3 Å². The van der Waals surface area contributed by atoms with Crippen molar-refractivity contribution in [3.8, 4) is 0 Å². The number of rotatable bonds is 5. The van der Waals surface area contributed by atoms with E-state index in [2.05, 4.69) is 5.32 Å². The van der Waals surface area contributed by atoms with Crippen LogP contribution in [0, 0.1) is 0 Å². The van der Waals surface area contributed by atoms with Gasteiger partial charge in [0.05, 0.1) is 0 Å². The van der Waals surface area contributed by atoms with Gasteiger partial charge in [0.1, 0.15) is 5.70 Å². The first kappa shape index (κ1) is 17.4. The van der Waals surface area contributed by atoms with Gasteiger partial charge in [0.2, 0.25) is 11.8 Å². The summed E-state index contributed by atoms with van der Waals surface area (Å²) in [5, 5.41) is 2.39. The van der Waals surface area contributed by atoms with Gasteiger partial charge in [-0.2, -0.15) is 0 Å². The topological polar surface area (TPSA) is 92.8 Å². The van der Waals surface area contributed by atoms with Gasteiger partial charge in [0, 0.05) is 19.9 Å². The van der Waals surface area contributed by atoms with Gasteiger partial charge in [0.15, 0.2) is 6.61 Å². The van der Waals surface area contributed by atoms with E-state index < -0.39 is 24.4 Å². The van der Waals surface area contributed by atoms with Crippen molar-refractivity contribution >= 4 is 29.8 Å². The van der Waals surface area contributed by atoms with Crippen LogP contribution in [0.25, 0.3) is 6.08 Å². The van der Waals surface area contributed by atoms with Crippen molar-refractivity contribution in [2.24, 2.45) is 0 Å². The van der Waals surface area contributed by atoms with Crippen LogP contribution in [-0.2, 0) is 23.9 Å². The molecule has 1 aliphatic rings. The standard InChI is InChI=1S/C17H18N2O5/c1-12(20)18-14(10-13-6-3-2-4-7-13)17(23)24-11-16(22)19-9-5-8-15(19)21/h2-4,6-7,10H,5,8-9,11H2,1H3,(H,18,20)/b14-10+. The molecule has 0 bridgehead atoms. The summed E-state index contributed by atoms with van der Waals surface area (Å²) in [6.07, 6.45) is 2.39. The zero-order chi connectivity index (χ0) is 17.5. The zero-order valence-corrected chi connectivity index (χ0v) is 13.3. The predicted octanol–water partition coefficient (Wildman–Crippen LogP) is 0.856. The number of nitrogens with one attached hydrogen (secondary N) is 1. The van der Waals surface area contributed by atoms with Crippen molar-refractivity contribution in [1.82, 2.24) is 10.2 Å². The summed E-state index contributed by atoms with van der Waals surface area (Å²) in [4.78, 5) is 47.8. The lowest BCUT2D eigenvalue weighted by Crippen LogP contribution is -2.36. The van der Waals surface area contributed by atoms with Gasteiger partial charge in [-0.25, -0.2) is 4.79 Å². The van der Waals surface area contributed by atoms with Crippen molar-refractivity contribution in [2.75, 3.05) is 13.2 Å². The highest BCUT2D eigenvalue weighted by molar-refractivity contribution is 6.00. The van der Waals surface area contributed by atoms with Crippen LogP contribution >= 0.6 is 0 Å². The molecule has 1 fully saturated rings. The minimum Gasteiger partial charge on any atom is -0.451 e.